The van der Waals surface area contributed by atoms with Crippen molar-refractivity contribution in [2.45, 2.75) is 15.9 Å². The van der Waals surface area contributed by atoms with E-state index in [9.17, 15) is 21.6 Å². The molecule has 3 aromatic carbocycles. The SMILES string of the molecule is O=C(NCCOc1ccc(S(=O)(=O)N2CCOCC2)cc1)[C@@H]1CN(S(=O)(=O)c2ccccc2)c2cc(Cl)ccc2O1. The number of anilines is 1. The second kappa shape index (κ2) is 12.2. The lowest BCUT2D eigenvalue weighted by atomic mass is 10.2. The van der Waals surface area contributed by atoms with E-state index in [4.69, 9.17) is 25.8 Å². The smallest absolute Gasteiger partial charge is 0.264 e. The van der Waals surface area contributed by atoms with Gasteiger partial charge < -0.3 is 19.5 Å². The summed E-state index contributed by atoms with van der Waals surface area (Å²) in [5, 5.41) is 3.03. The van der Waals surface area contributed by atoms with Crippen LogP contribution in [-0.4, -0.2) is 79.2 Å². The molecule has 218 valence electrons. The molecule has 1 fully saturated rings. The molecule has 0 aromatic heterocycles. The van der Waals surface area contributed by atoms with E-state index in [1.807, 2.05) is 0 Å². The number of hydrogen-bond donors (Lipinski definition) is 1. The van der Waals surface area contributed by atoms with E-state index in [2.05, 4.69) is 5.32 Å². The predicted molar refractivity (Wildman–Crippen MR) is 151 cm³/mol. The fourth-order valence-corrected chi connectivity index (χ4v) is 7.47. The van der Waals surface area contributed by atoms with Gasteiger partial charge in [0.2, 0.25) is 10.0 Å². The molecule has 5 rings (SSSR count). The molecule has 1 N–H and O–H groups in total. The van der Waals surface area contributed by atoms with Crippen molar-refractivity contribution >= 4 is 43.2 Å². The summed E-state index contributed by atoms with van der Waals surface area (Å²) in [6.07, 6.45) is -1.12. The Kier molecular flexibility index (Phi) is 8.71. The minimum absolute atomic E-state index is 0.0733. The van der Waals surface area contributed by atoms with Crippen molar-refractivity contribution < 1.29 is 35.8 Å². The van der Waals surface area contributed by atoms with Crippen molar-refractivity contribution in [3.05, 3.63) is 77.8 Å². The number of carbonyl (C=O) groups is 1. The van der Waals surface area contributed by atoms with E-state index >= 15 is 0 Å². The van der Waals surface area contributed by atoms with Crippen LogP contribution < -0.4 is 19.1 Å². The number of hydrogen-bond acceptors (Lipinski definition) is 8. The first-order valence-electron chi connectivity index (χ1n) is 12.8. The second-order valence-corrected chi connectivity index (χ2v) is 13.4. The Morgan fingerprint density at radius 3 is 2.32 bits per heavy atom. The first kappa shape index (κ1) is 29.1. The van der Waals surface area contributed by atoms with Crippen molar-refractivity contribution in [1.29, 1.82) is 0 Å². The summed E-state index contributed by atoms with van der Waals surface area (Å²) in [7, 11) is -7.61. The van der Waals surface area contributed by atoms with Gasteiger partial charge in [0.15, 0.2) is 6.10 Å². The maximum absolute atomic E-state index is 13.5. The lowest BCUT2D eigenvalue weighted by Crippen LogP contribution is -2.51. The minimum Gasteiger partial charge on any atom is -0.492 e. The number of sulfonamides is 2. The van der Waals surface area contributed by atoms with Gasteiger partial charge in [0.05, 0.1) is 41.8 Å². The van der Waals surface area contributed by atoms with Gasteiger partial charge in [-0.15, -0.1) is 0 Å². The summed E-state index contributed by atoms with van der Waals surface area (Å²) in [6.45, 7) is 1.27. The normalized spacial score (nSPS) is 17.8. The molecule has 1 saturated heterocycles. The molecule has 0 saturated carbocycles. The number of fused-ring (bicyclic) bond motifs is 1. The molecular formula is C27H28ClN3O8S2. The van der Waals surface area contributed by atoms with Crippen molar-refractivity contribution in [3.63, 3.8) is 0 Å². The topological polar surface area (TPSA) is 132 Å². The highest BCUT2D eigenvalue weighted by Gasteiger charge is 2.37. The summed E-state index contributed by atoms with van der Waals surface area (Å²) in [4.78, 5) is 13.2. The van der Waals surface area contributed by atoms with Crippen LogP contribution in [-0.2, 0) is 29.6 Å². The zero-order valence-electron chi connectivity index (χ0n) is 21.8. The van der Waals surface area contributed by atoms with Crippen LogP contribution in [0.25, 0.3) is 0 Å². The number of halogens is 1. The molecule has 11 nitrogen and oxygen atoms in total. The molecular weight excluding hydrogens is 594 g/mol. The molecule has 0 radical (unpaired) electrons. The average Bonchev–Trinajstić information content (AvgIpc) is 2.99. The molecule has 14 heteroatoms. The van der Waals surface area contributed by atoms with Gasteiger partial charge in [-0.05, 0) is 54.6 Å². The van der Waals surface area contributed by atoms with Gasteiger partial charge in [0.25, 0.3) is 15.9 Å². The van der Waals surface area contributed by atoms with Crippen LogP contribution in [0.15, 0.2) is 82.6 Å². The van der Waals surface area contributed by atoms with Gasteiger partial charge in [-0.2, -0.15) is 4.31 Å². The summed E-state index contributed by atoms with van der Waals surface area (Å²) in [5.74, 6) is 0.123. The Morgan fingerprint density at radius 2 is 1.61 bits per heavy atom. The summed E-state index contributed by atoms with van der Waals surface area (Å²) >= 11 is 6.13. The number of rotatable bonds is 9. The van der Waals surface area contributed by atoms with E-state index < -0.39 is 32.1 Å². The Balaban J connectivity index is 1.19. The first-order chi connectivity index (χ1) is 19.7. The molecule has 2 aliphatic heterocycles. The number of amides is 1. The Bertz CT molecular complexity index is 1600. The van der Waals surface area contributed by atoms with Crippen molar-refractivity contribution in [1.82, 2.24) is 9.62 Å². The summed E-state index contributed by atoms with van der Waals surface area (Å²) < 4.78 is 71.7. The maximum Gasteiger partial charge on any atom is 0.264 e. The van der Waals surface area contributed by atoms with Gasteiger partial charge in [0, 0.05) is 18.1 Å². The predicted octanol–water partition coefficient (Wildman–Crippen LogP) is 2.51. The van der Waals surface area contributed by atoms with Gasteiger partial charge in [0.1, 0.15) is 18.1 Å². The number of nitrogens with one attached hydrogen (secondary N) is 1. The van der Waals surface area contributed by atoms with Gasteiger partial charge >= 0.3 is 0 Å². The van der Waals surface area contributed by atoms with Crippen LogP contribution in [0, 0.1) is 0 Å². The quantitative estimate of drug-likeness (QED) is 0.361. The second-order valence-electron chi connectivity index (χ2n) is 9.20. The van der Waals surface area contributed by atoms with Crippen LogP contribution in [0.2, 0.25) is 5.02 Å². The monoisotopic (exact) mass is 621 g/mol. The van der Waals surface area contributed by atoms with E-state index in [1.165, 1.54) is 40.7 Å². The Labute approximate surface area is 243 Å². The molecule has 1 amide bonds. The lowest BCUT2D eigenvalue weighted by Gasteiger charge is -2.34. The third kappa shape index (κ3) is 6.44. The lowest BCUT2D eigenvalue weighted by molar-refractivity contribution is -0.127. The van der Waals surface area contributed by atoms with Gasteiger partial charge in [-0.1, -0.05) is 29.8 Å². The highest BCUT2D eigenvalue weighted by molar-refractivity contribution is 7.92. The zero-order chi connectivity index (χ0) is 29.0. The third-order valence-corrected chi connectivity index (χ3v) is 10.5. The fourth-order valence-electron chi connectivity index (χ4n) is 4.41. The van der Waals surface area contributed by atoms with E-state index in [-0.39, 0.29) is 40.9 Å². The Morgan fingerprint density at radius 1 is 0.927 bits per heavy atom. The highest BCUT2D eigenvalue weighted by Crippen LogP contribution is 2.38. The average molecular weight is 622 g/mol. The number of carbonyl (C=O) groups excluding carboxylic acids is 1. The van der Waals surface area contributed by atoms with Crippen LogP contribution in [0.5, 0.6) is 11.5 Å². The molecule has 41 heavy (non-hydrogen) atoms. The zero-order valence-corrected chi connectivity index (χ0v) is 24.2. The van der Waals surface area contributed by atoms with E-state index in [1.54, 1.807) is 36.4 Å². The van der Waals surface area contributed by atoms with Crippen LogP contribution >= 0.6 is 11.6 Å². The summed E-state index contributed by atoms with van der Waals surface area (Å²) in [5.41, 5.74) is 0.243. The van der Waals surface area contributed by atoms with Crippen molar-refractivity contribution in [3.8, 4) is 11.5 Å². The first-order valence-corrected chi connectivity index (χ1v) is 16.0. The third-order valence-electron chi connectivity index (χ3n) is 6.52. The van der Waals surface area contributed by atoms with Gasteiger partial charge in [-0.3, -0.25) is 9.10 Å². The number of ether oxygens (including phenoxy) is 3. The van der Waals surface area contributed by atoms with E-state index in [0.717, 1.165) is 4.31 Å². The van der Waals surface area contributed by atoms with Crippen molar-refractivity contribution in [2.75, 3.05) is 50.3 Å². The molecule has 1 atom stereocenters. The fraction of sp³-hybridized carbons (Fsp3) is 0.296. The van der Waals surface area contributed by atoms with Crippen LogP contribution in [0.3, 0.4) is 0 Å². The molecule has 0 bridgehead atoms. The van der Waals surface area contributed by atoms with Crippen LogP contribution in [0.1, 0.15) is 0 Å². The molecule has 0 aliphatic carbocycles. The van der Waals surface area contributed by atoms with E-state index in [0.29, 0.717) is 37.1 Å². The molecule has 0 unspecified atom stereocenters. The maximum atomic E-state index is 13.5. The van der Waals surface area contributed by atoms with Crippen LogP contribution in [0.4, 0.5) is 5.69 Å². The number of morpholine rings is 1. The molecule has 2 aliphatic rings. The van der Waals surface area contributed by atoms with Gasteiger partial charge in [-0.25, -0.2) is 16.8 Å². The largest absolute Gasteiger partial charge is 0.492 e. The molecule has 0 spiro atoms. The standard InChI is InChI=1S/C27H28ClN3O8S2/c28-20-6-11-25-24(18-20)31(41(35,36)22-4-2-1-3-5-22)19-26(39-25)27(32)29-12-15-38-21-7-9-23(10-8-21)40(33,34)30-13-16-37-17-14-30/h1-11,18,26H,12-17,19H2,(H,29,32)/t26-/m0/s1. The highest BCUT2D eigenvalue weighted by atomic mass is 35.5. The minimum atomic E-state index is -4.00. The number of nitrogens with zero attached hydrogens (tertiary/aromatic N) is 2. The molecule has 2 heterocycles. The molecule has 3 aromatic rings. The summed E-state index contributed by atoms with van der Waals surface area (Å²) in [6, 6.07) is 18.5. The van der Waals surface area contributed by atoms with Crippen molar-refractivity contribution in [2.24, 2.45) is 0 Å². The number of benzene rings is 3. The Hall–Kier alpha value is -3.36.